The molecule has 1 saturated heterocycles. The van der Waals surface area contributed by atoms with Crippen molar-refractivity contribution in [2.45, 2.75) is 19.1 Å². The maximum Gasteiger partial charge on any atom is 0.401 e. The second-order valence-electron chi connectivity index (χ2n) is 5.90. The topological polar surface area (TPSA) is 82.9 Å². The van der Waals surface area contributed by atoms with Crippen LogP contribution in [0.15, 0.2) is 16.5 Å². The van der Waals surface area contributed by atoms with Crippen LogP contribution >= 0.6 is 0 Å². The third-order valence-corrected chi connectivity index (χ3v) is 4.33. The Labute approximate surface area is 143 Å². The van der Waals surface area contributed by atoms with Gasteiger partial charge in [0.25, 0.3) is 5.91 Å². The van der Waals surface area contributed by atoms with Crippen LogP contribution in [0, 0.1) is 0 Å². The number of hydrogen-bond acceptors (Lipinski definition) is 5. The highest BCUT2D eigenvalue weighted by molar-refractivity contribution is 7.88. The standard InChI is InChI=1S/C14H20F3N3O4S/c1-25(22,23)18-9-11-3-4-12(24-11)13(21)20-6-2-5-19(7-8-20)10-14(15,16)17/h3-4,18H,2,5-10H2,1H3. The molecule has 0 radical (unpaired) electrons. The van der Waals surface area contributed by atoms with E-state index in [4.69, 9.17) is 4.42 Å². The molecule has 7 nitrogen and oxygen atoms in total. The first-order chi connectivity index (χ1) is 11.5. The lowest BCUT2D eigenvalue weighted by atomic mass is 10.3. The van der Waals surface area contributed by atoms with E-state index >= 15 is 0 Å². The van der Waals surface area contributed by atoms with Crippen LogP contribution in [0.25, 0.3) is 0 Å². The largest absolute Gasteiger partial charge is 0.455 e. The first-order valence-corrected chi connectivity index (χ1v) is 9.54. The molecule has 0 saturated carbocycles. The molecule has 11 heteroatoms. The normalized spacial score (nSPS) is 17.5. The van der Waals surface area contributed by atoms with Crippen molar-refractivity contribution >= 4 is 15.9 Å². The molecule has 0 spiro atoms. The molecular formula is C14H20F3N3O4S. The summed E-state index contributed by atoms with van der Waals surface area (Å²) in [6.07, 6.45) is -2.82. The minimum atomic E-state index is -4.26. The van der Waals surface area contributed by atoms with E-state index < -0.39 is 28.7 Å². The van der Waals surface area contributed by atoms with Crippen molar-refractivity contribution in [1.29, 1.82) is 0 Å². The summed E-state index contributed by atoms with van der Waals surface area (Å²) in [5, 5.41) is 0. The Kier molecular flexibility index (Phi) is 6.12. The molecule has 0 aromatic carbocycles. The zero-order valence-electron chi connectivity index (χ0n) is 13.7. The lowest BCUT2D eigenvalue weighted by Crippen LogP contribution is -2.38. The Bertz CT molecular complexity index is 702. The van der Waals surface area contributed by atoms with Gasteiger partial charge in [-0.25, -0.2) is 13.1 Å². The van der Waals surface area contributed by atoms with Gasteiger partial charge in [-0.05, 0) is 18.6 Å². The molecular weight excluding hydrogens is 363 g/mol. The lowest BCUT2D eigenvalue weighted by molar-refractivity contribution is -0.145. The van der Waals surface area contributed by atoms with Crippen LogP contribution in [0.2, 0.25) is 0 Å². The minimum absolute atomic E-state index is 0.0366. The van der Waals surface area contributed by atoms with Crippen molar-refractivity contribution in [3.63, 3.8) is 0 Å². The van der Waals surface area contributed by atoms with Gasteiger partial charge in [-0.2, -0.15) is 13.2 Å². The van der Waals surface area contributed by atoms with Crippen LogP contribution in [0.4, 0.5) is 13.2 Å². The predicted octanol–water partition coefficient (Wildman–Crippen LogP) is 1.04. The molecule has 0 atom stereocenters. The number of sulfonamides is 1. The van der Waals surface area contributed by atoms with Gasteiger partial charge < -0.3 is 9.32 Å². The maximum atomic E-state index is 12.5. The predicted molar refractivity (Wildman–Crippen MR) is 83.4 cm³/mol. The maximum absolute atomic E-state index is 12.5. The molecule has 1 N–H and O–H groups in total. The Morgan fingerprint density at radius 1 is 1.24 bits per heavy atom. The van der Waals surface area contributed by atoms with E-state index in [9.17, 15) is 26.4 Å². The molecule has 1 aromatic heterocycles. The van der Waals surface area contributed by atoms with Gasteiger partial charge in [-0.15, -0.1) is 0 Å². The van der Waals surface area contributed by atoms with Crippen molar-refractivity contribution in [1.82, 2.24) is 14.5 Å². The fraction of sp³-hybridized carbons (Fsp3) is 0.643. The number of halogens is 3. The smallest absolute Gasteiger partial charge is 0.401 e. The van der Waals surface area contributed by atoms with Crippen LogP contribution in [-0.2, 0) is 16.6 Å². The highest BCUT2D eigenvalue weighted by Crippen LogP contribution is 2.18. The molecule has 1 amide bonds. The Morgan fingerprint density at radius 2 is 1.96 bits per heavy atom. The first-order valence-electron chi connectivity index (χ1n) is 7.65. The van der Waals surface area contributed by atoms with Crippen LogP contribution < -0.4 is 4.72 Å². The van der Waals surface area contributed by atoms with Gasteiger partial charge >= 0.3 is 6.18 Å². The molecule has 2 heterocycles. The number of rotatable bonds is 5. The van der Waals surface area contributed by atoms with E-state index in [1.165, 1.54) is 21.9 Å². The average Bonchev–Trinajstić information content (AvgIpc) is 2.83. The molecule has 142 valence electrons. The Balaban J connectivity index is 1.93. The SMILES string of the molecule is CS(=O)(=O)NCc1ccc(C(=O)N2CCCN(CC(F)(F)F)CC2)o1. The molecule has 1 fully saturated rings. The molecule has 2 rings (SSSR count). The number of carbonyl (C=O) groups excluding carboxylic acids is 1. The summed E-state index contributed by atoms with van der Waals surface area (Å²) in [5.74, 6) is -0.101. The second kappa shape index (κ2) is 7.75. The number of amides is 1. The van der Waals surface area contributed by atoms with Gasteiger partial charge in [0.2, 0.25) is 10.0 Å². The summed E-state index contributed by atoms with van der Waals surface area (Å²) < 4.78 is 67.1. The van der Waals surface area contributed by atoms with Crippen molar-refractivity contribution in [3.05, 3.63) is 23.7 Å². The van der Waals surface area contributed by atoms with Crippen LogP contribution in [-0.4, -0.2) is 69.3 Å². The summed E-state index contributed by atoms with van der Waals surface area (Å²) >= 11 is 0. The first kappa shape index (κ1) is 19.7. The molecule has 1 aromatic rings. The van der Waals surface area contributed by atoms with Gasteiger partial charge in [0, 0.05) is 26.2 Å². The second-order valence-corrected chi connectivity index (χ2v) is 7.73. The summed E-state index contributed by atoms with van der Waals surface area (Å²) in [4.78, 5) is 15.1. The number of furan rings is 1. The monoisotopic (exact) mass is 383 g/mol. The third-order valence-electron chi connectivity index (χ3n) is 3.66. The van der Waals surface area contributed by atoms with E-state index in [0.29, 0.717) is 13.0 Å². The van der Waals surface area contributed by atoms with Crippen molar-refractivity contribution in [2.24, 2.45) is 0 Å². The molecule has 0 bridgehead atoms. The van der Waals surface area contributed by atoms with E-state index in [0.717, 1.165) is 6.26 Å². The van der Waals surface area contributed by atoms with E-state index in [-0.39, 0.29) is 37.7 Å². The van der Waals surface area contributed by atoms with E-state index in [1.807, 2.05) is 0 Å². The summed E-state index contributed by atoms with van der Waals surface area (Å²) in [5.41, 5.74) is 0. The fourth-order valence-electron chi connectivity index (χ4n) is 2.53. The summed E-state index contributed by atoms with van der Waals surface area (Å²) in [6, 6.07) is 2.92. The lowest BCUT2D eigenvalue weighted by Gasteiger charge is -2.22. The molecule has 25 heavy (non-hydrogen) atoms. The third kappa shape index (κ3) is 6.67. The quantitative estimate of drug-likeness (QED) is 0.822. The van der Waals surface area contributed by atoms with Crippen molar-refractivity contribution < 1.29 is 30.8 Å². The molecule has 0 aliphatic carbocycles. The number of nitrogens with zero attached hydrogens (tertiary/aromatic N) is 2. The number of hydrogen-bond donors (Lipinski definition) is 1. The number of alkyl halides is 3. The molecule has 1 aliphatic rings. The highest BCUT2D eigenvalue weighted by Gasteiger charge is 2.32. The van der Waals surface area contributed by atoms with Gasteiger partial charge in [0.15, 0.2) is 5.76 Å². The van der Waals surface area contributed by atoms with E-state index in [2.05, 4.69) is 4.72 Å². The van der Waals surface area contributed by atoms with Gasteiger partial charge in [0.05, 0.1) is 19.3 Å². The highest BCUT2D eigenvalue weighted by atomic mass is 32.2. The minimum Gasteiger partial charge on any atom is -0.455 e. The summed E-state index contributed by atoms with van der Waals surface area (Å²) in [6.45, 7) is -0.153. The van der Waals surface area contributed by atoms with Crippen molar-refractivity contribution in [3.8, 4) is 0 Å². The Morgan fingerprint density at radius 3 is 2.60 bits per heavy atom. The van der Waals surface area contributed by atoms with Gasteiger partial charge in [0.1, 0.15) is 5.76 Å². The van der Waals surface area contributed by atoms with Crippen LogP contribution in [0.3, 0.4) is 0 Å². The average molecular weight is 383 g/mol. The fourth-order valence-corrected chi connectivity index (χ4v) is 2.94. The molecule has 1 aliphatic heterocycles. The summed E-state index contributed by atoms with van der Waals surface area (Å²) in [7, 11) is -3.38. The zero-order chi connectivity index (χ0) is 18.7. The molecule has 0 unspecified atom stereocenters. The number of nitrogens with one attached hydrogen (secondary N) is 1. The van der Waals surface area contributed by atoms with Crippen molar-refractivity contribution in [2.75, 3.05) is 39.0 Å². The van der Waals surface area contributed by atoms with Gasteiger partial charge in [-0.3, -0.25) is 9.69 Å². The van der Waals surface area contributed by atoms with E-state index in [1.54, 1.807) is 0 Å². The van der Waals surface area contributed by atoms with Crippen LogP contribution in [0.1, 0.15) is 22.7 Å². The zero-order valence-corrected chi connectivity index (χ0v) is 14.5. The Hall–Kier alpha value is -1.59. The van der Waals surface area contributed by atoms with Gasteiger partial charge in [-0.1, -0.05) is 0 Å². The van der Waals surface area contributed by atoms with Crippen LogP contribution in [0.5, 0.6) is 0 Å². The number of carbonyl (C=O) groups is 1.